The van der Waals surface area contributed by atoms with Gasteiger partial charge in [0.05, 0.1) is 12.7 Å². The van der Waals surface area contributed by atoms with Crippen LogP contribution in [0.4, 0.5) is 0 Å². The quantitative estimate of drug-likeness (QED) is 0.750. The van der Waals surface area contributed by atoms with Gasteiger partial charge in [-0.3, -0.25) is 4.79 Å². The molecule has 3 rings (SSSR count). The smallest absolute Gasteiger partial charge is 0.337 e. The van der Waals surface area contributed by atoms with Crippen molar-refractivity contribution in [2.24, 2.45) is 5.73 Å². The molecule has 0 heterocycles. The van der Waals surface area contributed by atoms with Crippen molar-refractivity contribution < 1.29 is 14.3 Å². The largest absolute Gasteiger partial charge is 0.465 e. The maximum absolute atomic E-state index is 11.8. The molecule has 0 saturated carbocycles. The predicted molar refractivity (Wildman–Crippen MR) is 93.1 cm³/mol. The first kappa shape index (κ1) is 15.7. The summed E-state index contributed by atoms with van der Waals surface area (Å²) in [5, 5.41) is 2.06. The molecule has 0 unspecified atom stereocenters. The molecule has 2 N–H and O–H groups in total. The van der Waals surface area contributed by atoms with Crippen LogP contribution in [-0.2, 0) is 11.2 Å². The van der Waals surface area contributed by atoms with E-state index in [0.717, 1.165) is 21.9 Å². The monoisotopic (exact) mass is 319 g/mol. The third-order valence-electron chi connectivity index (χ3n) is 4.06. The Labute approximate surface area is 139 Å². The number of nitrogens with two attached hydrogens (primary N) is 1. The Balaban J connectivity index is 2.04. The summed E-state index contributed by atoms with van der Waals surface area (Å²) in [7, 11) is 1.35. The number of benzene rings is 3. The number of carbonyl (C=O) groups is 2. The van der Waals surface area contributed by atoms with Crippen molar-refractivity contribution in [1.29, 1.82) is 0 Å². The van der Waals surface area contributed by atoms with Crippen LogP contribution >= 0.6 is 0 Å². The Morgan fingerprint density at radius 1 is 0.958 bits per heavy atom. The van der Waals surface area contributed by atoms with Crippen LogP contribution < -0.4 is 5.73 Å². The lowest BCUT2D eigenvalue weighted by Gasteiger charge is -2.11. The second-order valence-electron chi connectivity index (χ2n) is 5.54. The van der Waals surface area contributed by atoms with Gasteiger partial charge in [-0.15, -0.1) is 0 Å². The topological polar surface area (TPSA) is 69.4 Å². The Morgan fingerprint density at radius 3 is 2.33 bits per heavy atom. The van der Waals surface area contributed by atoms with E-state index in [-0.39, 0.29) is 5.97 Å². The van der Waals surface area contributed by atoms with E-state index in [1.165, 1.54) is 7.11 Å². The number of rotatable bonds is 4. The molecule has 4 nitrogen and oxygen atoms in total. The Bertz CT molecular complexity index is 914. The number of amides is 1. The molecule has 24 heavy (non-hydrogen) atoms. The van der Waals surface area contributed by atoms with Gasteiger partial charge in [-0.2, -0.15) is 0 Å². The number of carbonyl (C=O) groups excluding carboxylic acids is 2. The summed E-state index contributed by atoms with van der Waals surface area (Å²) in [6.07, 6.45) is 0.557. The maximum Gasteiger partial charge on any atom is 0.337 e. The Hall–Kier alpha value is -3.14. The van der Waals surface area contributed by atoms with Gasteiger partial charge in [-0.05, 0) is 46.5 Å². The minimum absolute atomic E-state index is 0.371. The summed E-state index contributed by atoms with van der Waals surface area (Å²) in [5.41, 5.74) is 8.44. The van der Waals surface area contributed by atoms with E-state index in [9.17, 15) is 9.59 Å². The summed E-state index contributed by atoms with van der Waals surface area (Å²) in [6.45, 7) is 0. The highest BCUT2D eigenvalue weighted by atomic mass is 16.5. The molecule has 0 fully saturated rings. The first-order valence-corrected chi connectivity index (χ1v) is 7.58. The first-order valence-electron chi connectivity index (χ1n) is 7.58. The SMILES string of the molecule is COC(=O)c1ccc(Cc2c(C(N)=O)ccc3ccccc23)cc1. The van der Waals surface area contributed by atoms with Crippen molar-refractivity contribution in [2.75, 3.05) is 7.11 Å². The van der Waals surface area contributed by atoms with Gasteiger partial charge in [0.2, 0.25) is 5.91 Å². The Morgan fingerprint density at radius 2 is 1.67 bits per heavy atom. The molecule has 0 spiro atoms. The summed E-state index contributed by atoms with van der Waals surface area (Å²) >= 11 is 0. The van der Waals surface area contributed by atoms with Crippen molar-refractivity contribution in [3.8, 4) is 0 Å². The molecule has 4 heteroatoms. The van der Waals surface area contributed by atoms with Gasteiger partial charge >= 0.3 is 5.97 Å². The molecule has 0 aromatic heterocycles. The Kier molecular flexibility index (Phi) is 4.29. The fraction of sp³-hybridized carbons (Fsp3) is 0.100. The molecule has 0 atom stereocenters. The molecule has 0 aliphatic heterocycles. The number of esters is 1. The molecule has 1 amide bonds. The lowest BCUT2D eigenvalue weighted by molar-refractivity contribution is 0.0600. The third kappa shape index (κ3) is 2.99. The average molecular weight is 319 g/mol. The fourth-order valence-electron chi connectivity index (χ4n) is 2.84. The van der Waals surface area contributed by atoms with Crippen LogP contribution in [0.1, 0.15) is 31.8 Å². The minimum Gasteiger partial charge on any atom is -0.465 e. The van der Waals surface area contributed by atoms with E-state index in [1.54, 1.807) is 18.2 Å². The number of hydrogen-bond acceptors (Lipinski definition) is 3. The zero-order valence-corrected chi connectivity index (χ0v) is 13.3. The molecule has 0 saturated heterocycles. The zero-order valence-electron chi connectivity index (χ0n) is 13.3. The number of ether oxygens (including phenoxy) is 1. The van der Waals surface area contributed by atoms with Crippen LogP contribution in [-0.4, -0.2) is 19.0 Å². The van der Waals surface area contributed by atoms with Crippen LogP contribution in [0, 0.1) is 0 Å². The maximum atomic E-state index is 11.8. The van der Waals surface area contributed by atoms with Crippen LogP contribution in [0.25, 0.3) is 10.8 Å². The van der Waals surface area contributed by atoms with E-state index in [0.29, 0.717) is 17.5 Å². The molecule has 0 radical (unpaired) electrons. The second kappa shape index (κ2) is 6.54. The second-order valence-corrected chi connectivity index (χ2v) is 5.54. The van der Waals surface area contributed by atoms with Crippen molar-refractivity contribution in [3.63, 3.8) is 0 Å². The lowest BCUT2D eigenvalue weighted by Crippen LogP contribution is -2.14. The summed E-state index contributed by atoms with van der Waals surface area (Å²) in [6, 6.07) is 18.7. The highest BCUT2D eigenvalue weighted by Crippen LogP contribution is 2.25. The molecule has 0 aliphatic rings. The third-order valence-corrected chi connectivity index (χ3v) is 4.06. The zero-order chi connectivity index (χ0) is 17.1. The van der Waals surface area contributed by atoms with Gasteiger partial charge in [0.1, 0.15) is 0 Å². The summed E-state index contributed by atoms with van der Waals surface area (Å²) in [4.78, 5) is 23.3. The lowest BCUT2D eigenvalue weighted by atomic mass is 9.93. The van der Waals surface area contributed by atoms with Gasteiger partial charge in [0, 0.05) is 5.56 Å². The number of fused-ring (bicyclic) bond motifs is 1. The van der Waals surface area contributed by atoms with Crippen LogP contribution in [0.15, 0.2) is 60.7 Å². The highest BCUT2D eigenvalue weighted by molar-refractivity contribution is 6.01. The molecular formula is C20H17NO3. The van der Waals surface area contributed by atoms with Gasteiger partial charge < -0.3 is 10.5 Å². The molecular weight excluding hydrogens is 302 g/mol. The minimum atomic E-state index is -0.443. The van der Waals surface area contributed by atoms with Gasteiger partial charge in [-0.1, -0.05) is 42.5 Å². The molecule has 0 bridgehead atoms. The van der Waals surface area contributed by atoms with Gasteiger partial charge in [-0.25, -0.2) is 4.79 Å². The average Bonchev–Trinajstić information content (AvgIpc) is 2.61. The number of primary amides is 1. The van der Waals surface area contributed by atoms with Crippen LogP contribution in [0.2, 0.25) is 0 Å². The normalized spacial score (nSPS) is 10.5. The summed E-state index contributed by atoms with van der Waals surface area (Å²) in [5.74, 6) is -0.813. The molecule has 120 valence electrons. The van der Waals surface area contributed by atoms with Gasteiger partial charge in [0.25, 0.3) is 0 Å². The van der Waals surface area contributed by atoms with Crippen molar-refractivity contribution in [1.82, 2.24) is 0 Å². The fourth-order valence-corrected chi connectivity index (χ4v) is 2.84. The van der Waals surface area contributed by atoms with E-state index >= 15 is 0 Å². The van der Waals surface area contributed by atoms with E-state index in [1.807, 2.05) is 42.5 Å². The van der Waals surface area contributed by atoms with E-state index in [2.05, 4.69) is 0 Å². The van der Waals surface area contributed by atoms with Crippen molar-refractivity contribution in [3.05, 3.63) is 82.9 Å². The molecule has 3 aromatic rings. The first-order chi connectivity index (χ1) is 11.6. The molecule has 0 aliphatic carbocycles. The molecule has 3 aromatic carbocycles. The predicted octanol–water partition coefficient (Wildman–Crippen LogP) is 3.32. The van der Waals surface area contributed by atoms with E-state index < -0.39 is 5.91 Å². The van der Waals surface area contributed by atoms with E-state index in [4.69, 9.17) is 10.5 Å². The van der Waals surface area contributed by atoms with Crippen LogP contribution in [0.5, 0.6) is 0 Å². The van der Waals surface area contributed by atoms with Crippen LogP contribution in [0.3, 0.4) is 0 Å². The highest BCUT2D eigenvalue weighted by Gasteiger charge is 2.13. The standard InChI is InChI=1S/C20H17NO3/c1-24-20(23)15-8-6-13(7-9-15)12-18-16-5-3-2-4-14(16)10-11-17(18)19(21)22/h2-11H,12H2,1H3,(H2,21,22). The number of hydrogen-bond donors (Lipinski definition) is 1. The van der Waals surface area contributed by atoms with Gasteiger partial charge in [0.15, 0.2) is 0 Å². The summed E-state index contributed by atoms with van der Waals surface area (Å²) < 4.78 is 4.70. The number of methoxy groups -OCH3 is 1. The van der Waals surface area contributed by atoms with Crippen molar-refractivity contribution in [2.45, 2.75) is 6.42 Å². The van der Waals surface area contributed by atoms with Crippen molar-refractivity contribution >= 4 is 22.6 Å².